The third-order valence-electron chi connectivity index (χ3n) is 4.52. The van der Waals surface area contributed by atoms with Crippen LogP contribution >= 0.6 is 0 Å². The lowest BCUT2D eigenvalue weighted by Gasteiger charge is -2.40. The van der Waals surface area contributed by atoms with Gasteiger partial charge in [-0.1, -0.05) is 32.9 Å². The van der Waals surface area contributed by atoms with E-state index in [1.54, 1.807) is 0 Å². The molecule has 0 fully saturated rings. The molecule has 2 atom stereocenters. The molecule has 134 valence electrons. The van der Waals surface area contributed by atoms with Gasteiger partial charge in [0.05, 0.1) is 31.2 Å². The molecule has 6 heteroatoms. The predicted molar refractivity (Wildman–Crippen MR) is 98.3 cm³/mol. The standard InChI is InChI=1S/C18H30N2O3Si/c1-18(2,3)24(4,5)23-17(16(20)13-21)14-7-9-15(10-8-14)22-12-6-11-19/h7-10,16-17,21H,6,12-13,20H2,1-5H3/t16-,17-/m1/s1. The molecule has 0 saturated carbocycles. The van der Waals surface area contributed by atoms with Crippen molar-refractivity contribution in [2.24, 2.45) is 5.73 Å². The zero-order valence-corrected chi connectivity index (χ0v) is 16.4. The van der Waals surface area contributed by atoms with E-state index in [9.17, 15) is 5.11 Å². The lowest BCUT2D eigenvalue weighted by Crippen LogP contribution is -2.46. The summed E-state index contributed by atoms with van der Waals surface area (Å²) >= 11 is 0. The fourth-order valence-corrected chi connectivity index (χ4v) is 3.26. The fraction of sp³-hybridized carbons (Fsp3) is 0.611. The number of hydrogen-bond acceptors (Lipinski definition) is 5. The van der Waals surface area contributed by atoms with Crippen LogP contribution in [0.25, 0.3) is 0 Å². The maximum atomic E-state index is 9.52. The van der Waals surface area contributed by atoms with Gasteiger partial charge in [0, 0.05) is 0 Å². The molecular weight excluding hydrogens is 320 g/mol. The molecule has 24 heavy (non-hydrogen) atoms. The maximum Gasteiger partial charge on any atom is 0.192 e. The molecule has 0 unspecified atom stereocenters. The number of ether oxygens (including phenoxy) is 1. The van der Waals surface area contributed by atoms with Gasteiger partial charge in [0.25, 0.3) is 0 Å². The molecule has 0 spiro atoms. The number of nitrogens with two attached hydrogens (primary N) is 1. The molecule has 0 amide bonds. The predicted octanol–water partition coefficient (Wildman–Crippen LogP) is 3.36. The molecule has 0 aliphatic carbocycles. The Labute approximate surface area is 146 Å². The van der Waals surface area contributed by atoms with Crippen LogP contribution in [-0.2, 0) is 4.43 Å². The minimum absolute atomic E-state index is 0.0563. The van der Waals surface area contributed by atoms with Crippen molar-refractivity contribution in [1.82, 2.24) is 0 Å². The Bertz CT molecular complexity index is 547. The second kappa shape index (κ2) is 8.63. The normalized spacial score (nSPS) is 14.8. The summed E-state index contributed by atoms with van der Waals surface area (Å²) in [6.07, 6.45) is -0.00196. The molecule has 1 rings (SSSR count). The van der Waals surface area contributed by atoms with E-state index in [0.29, 0.717) is 18.8 Å². The maximum absolute atomic E-state index is 9.52. The monoisotopic (exact) mass is 350 g/mol. The minimum atomic E-state index is -2.03. The lowest BCUT2D eigenvalue weighted by atomic mass is 10.0. The summed E-state index contributed by atoms with van der Waals surface area (Å²) in [6, 6.07) is 9.08. The zero-order valence-electron chi connectivity index (χ0n) is 15.4. The molecule has 0 bridgehead atoms. The summed E-state index contributed by atoms with van der Waals surface area (Å²) < 4.78 is 11.9. The van der Waals surface area contributed by atoms with Crippen molar-refractivity contribution >= 4 is 8.32 Å². The van der Waals surface area contributed by atoms with Crippen LogP contribution in [0.2, 0.25) is 18.1 Å². The zero-order chi connectivity index (χ0) is 18.4. The fourth-order valence-electron chi connectivity index (χ4n) is 1.96. The highest BCUT2D eigenvalue weighted by Crippen LogP contribution is 2.40. The molecule has 0 aromatic heterocycles. The Balaban J connectivity index is 2.95. The number of aliphatic hydroxyl groups excluding tert-OH is 1. The van der Waals surface area contributed by atoms with Crippen LogP contribution in [0.1, 0.15) is 38.9 Å². The number of hydrogen-bond donors (Lipinski definition) is 2. The quantitative estimate of drug-likeness (QED) is 0.554. The molecule has 5 nitrogen and oxygen atoms in total. The van der Waals surface area contributed by atoms with E-state index in [1.807, 2.05) is 30.3 Å². The third-order valence-corrected chi connectivity index (χ3v) is 8.97. The van der Waals surface area contributed by atoms with Crippen molar-refractivity contribution in [2.75, 3.05) is 13.2 Å². The highest BCUT2D eigenvalue weighted by atomic mass is 28.4. The van der Waals surface area contributed by atoms with Gasteiger partial charge in [-0.25, -0.2) is 0 Å². The number of rotatable bonds is 8. The Morgan fingerprint density at radius 1 is 1.25 bits per heavy atom. The van der Waals surface area contributed by atoms with Crippen LogP contribution in [0.4, 0.5) is 0 Å². The van der Waals surface area contributed by atoms with Crippen LogP contribution in [0.3, 0.4) is 0 Å². The van der Waals surface area contributed by atoms with Gasteiger partial charge < -0.3 is 20.0 Å². The first-order valence-corrected chi connectivity index (χ1v) is 11.2. The third kappa shape index (κ3) is 5.60. The van der Waals surface area contributed by atoms with Gasteiger partial charge in [0.15, 0.2) is 8.32 Å². The van der Waals surface area contributed by atoms with Gasteiger partial charge in [0.2, 0.25) is 0 Å². The Morgan fingerprint density at radius 2 is 1.83 bits per heavy atom. The second-order valence-corrected chi connectivity index (χ2v) is 12.2. The SMILES string of the molecule is CC(C)(C)[Si](C)(C)O[C@H](c1ccc(OCCC#N)cc1)[C@H](N)CO. The van der Waals surface area contributed by atoms with Crippen molar-refractivity contribution in [2.45, 2.75) is 57.5 Å². The molecule has 0 heterocycles. The van der Waals surface area contributed by atoms with Gasteiger partial charge in [-0.05, 0) is 35.8 Å². The summed E-state index contributed by atoms with van der Waals surface area (Å²) in [5.41, 5.74) is 7.04. The van der Waals surface area contributed by atoms with Gasteiger partial charge in [-0.15, -0.1) is 0 Å². The van der Waals surface area contributed by atoms with Crippen LogP contribution < -0.4 is 10.5 Å². The van der Waals surface area contributed by atoms with Gasteiger partial charge in [-0.3, -0.25) is 0 Å². The van der Waals surface area contributed by atoms with E-state index in [2.05, 4.69) is 33.9 Å². The van der Waals surface area contributed by atoms with E-state index in [4.69, 9.17) is 20.2 Å². The lowest BCUT2D eigenvalue weighted by molar-refractivity contribution is 0.116. The number of aliphatic hydroxyl groups is 1. The topological polar surface area (TPSA) is 88.5 Å². The summed E-state index contributed by atoms with van der Waals surface area (Å²) in [4.78, 5) is 0. The van der Waals surface area contributed by atoms with Crippen LogP contribution in [0.5, 0.6) is 5.75 Å². The van der Waals surface area contributed by atoms with Crippen molar-refractivity contribution in [3.05, 3.63) is 29.8 Å². The summed E-state index contributed by atoms with van der Waals surface area (Å²) in [6.45, 7) is 11.1. The number of benzene rings is 1. The van der Waals surface area contributed by atoms with Crippen molar-refractivity contribution < 1.29 is 14.3 Å². The second-order valence-electron chi connectivity index (χ2n) is 7.47. The van der Waals surface area contributed by atoms with E-state index >= 15 is 0 Å². The number of nitriles is 1. The molecule has 3 N–H and O–H groups in total. The highest BCUT2D eigenvalue weighted by molar-refractivity contribution is 6.74. The first kappa shape index (κ1) is 20.7. The Kier molecular flexibility index (Phi) is 7.43. The smallest absolute Gasteiger partial charge is 0.192 e. The molecule has 1 aromatic carbocycles. The van der Waals surface area contributed by atoms with E-state index in [-0.39, 0.29) is 17.7 Å². The van der Waals surface area contributed by atoms with E-state index < -0.39 is 14.4 Å². The van der Waals surface area contributed by atoms with Gasteiger partial charge in [-0.2, -0.15) is 5.26 Å². The molecule has 0 aliphatic heterocycles. The molecule has 0 radical (unpaired) electrons. The first-order chi connectivity index (χ1) is 11.1. The minimum Gasteiger partial charge on any atom is -0.493 e. The van der Waals surface area contributed by atoms with E-state index in [0.717, 1.165) is 5.56 Å². The largest absolute Gasteiger partial charge is 0.493 e. The number of nitrogens with zero attached hydrogens (tertiary/aromatic N) is 1. The molecule has 1 aromatic rings. The van der Waals surface area contributed by atoms with Crippen LogP contribution in [0, 0.1) is 11.3 Å². The Hall–Kier alpha value is -1.39. The van der Waals surface area contributed by atoms with Gasteiger partial charge >= 0.3 is 0 Å². The first-order valence-electron chi connectivity index (χ1n) is 8.26. The van der Waals surface area contributed by atoms with Crippen molar-refractivity contribution in [1.29, 1.82) is 5.26 Å². The van der Waals surface area contributed by atoms with Crippen LogP contribution in [-0.4, -0.2) is 32.7 Å². The van der Waals surface area contributed by atoms with Gasteiger partial charge in [0.1, 0.15) is 12.4 Å². The summed E-state index contributed by atoms with van der Waals surface area (Å²) in [7, 11) is -2.03. The highest BCUT2D eigenvalue weighted by Gasteiger charge is 2.40. The van der Waals surface area contributed by atoms with Crippen molar-refractivity contribution in [3.63, 3.8) is 0 Å². The van der Waals surface area contributed by atoms with Crippen LogP contribution in [0.15, 0.2) is 24.3 Å². The average molecular weight is 351 g/mol. The summed E-state index contributed by atoms with van der Waals surface area (Å²) in [5, 5.41) is 18.1. The molecular formula is C18H30N2O3Si. The molecule has 0 aliphatic rings. The molecule has 0 saturated heterocycles. The average Bonchev–Trinajstić information content (AvgIpc) is 2.52. The van der Waals surface area contributed by atoms with Crippen molar-refractivity contribution in [3.8, 4) is 11.8 Å². The van der Waals surface area contributed by atoms with E-state index in [1.165, 1.54) is 0 Å². The summed E-state index contributed by atoms with van der Waals surface area (Å²) in [5.74, 6) is 0.706. The Morgan fingerprint density at radius 3 is 2.29 bits per heavy atom.